The van der Waals surface area contributed by atoms with E-state index in [2.05, 4.69) is 27.4 Å². The van der Waals surface area contributed by atoms with E-state index in [1.54, 1.807) is 6.20 Å². The molecule has 1 saturated heterocycles. The van der Waals surface area contributed by atoms with Crippen LogP contribution in [0.25, 0.3) is 0 Å². The average molecular weight is 296 g/mol. The first-order valence-electron chi connectivity index (χ1n) is 7.43. The third kappa shape index (κ3) is 5.19. The van der Waals surface area contributed by atoms with Gasteiger partial charge in [-0.1, -0.05) is 13.3 Å². The van der Waals surface area contributed by atoms with E-state index in [9.17, 15) is 4.79 Å². The molecule has 0 spiro atoms. The minimum atomic E-state index is 0.0362. The Balaban J connectivity index is 1.80. The summed E-state index contributed by atoms with van der Waals surface area (Å²) in [5.41, 5.74) is 0. The van der Waals surface area contributed by atoms with E-state index in [-0.39, 0.29) is 5.91 Å². The van der Waals surface area contributed by atoms with E-state index >= 15 is 0 Å². The summed E-state index contributed by atoms with van der Waals surface area (Å²) >= 11 is 1.46. The largest absolute Gasteiger partial charge is 0.313 e. The normalized spacial score (nSPS) is 18.6. The van der Waals surface area contributed by atoms with Crippen molar-refractivity contribution < 1.29 is 4.79 Å². The zero-order valence-corrected chi connectivity index (χ0v) is 12.9. The molecular weight excluding hydrogens is 272 g/mol. The lowest BCUT2D eigenvalue weighted by atomic mass is 10.2. The van der Waals surface area contributed by atoms with Gasteiger partial charge in [0.1, 0.15) is 0 Å². The topological polar surface area (TPSA) is 57.3 Å². The van der Waals surface area contributed by atoms with Crippen molar-refractivity contribution in [3.05, 3.63) is 11.6 Å². The maximum absolute atomic E-state index is 12.1. The monoisotopic (exact) mass is 296 g/mol. The number of nitrogens with zero attached hydrogens (tertiary/aromatic N) is 2. The fourth-order valence-electron chi connectivity index (χ4n) is 2.49. The molecule has 6 heteroatoms. The fourth-order valence-corrected chi connectivity index (χ4v) is 3.03. The van der Waals surface area contributed by atoms with Crippen molar-refractivity contribution in [3.8, 4) is 0 Å². The van der Waals surface area contributed by atoms with Gasteiger partial charge in [-0.25, -0.2) is 4.98 Å². The number of anilines is 1. The summed E-state index contributed by atoms with van der Waals surface area (Å²) in [4.78, 5) is 18.4. The van der Waals surface area contributed by atoms with Gasteiger partial charge in [0.05, 0.1) is 6.54 Å². The Morgan fingerprint density at radius 3 is 3.20 bits per heavy atom. The summed E-state index contributed by atoms with van der Waals surface area (Å²) in [5.74, 6) is 0.0362. The first-order valence-corrected chi connectivity index (χ1v) is 8.31. The van der Waals surface area contributed by atoms with Gasteiger partial charge in [-0.15, -0.1) is 11.3 Å². The number of carbonyl (C=O) groups excluding carboxylic acids is 1. The minimum Gasteiger partial charge on any atom is -0.313 e. The number of amides is 1. The Kier molecular flexibility index (Phi) is 6.42. The molecule has 0 saturated carbocycles. The van der Waals surface area contributed by atoms with Crippen molar-refractivity contribution in [1.29, 1.82) is 0 Å². The zero-order valence-electron chi connectivity index (χ0n) is 12.1. The summed E-state index contributed by atoms with van der Waals surface area (Å²) in [7, 11) is 0. The second-order valence-corrected chi connectivity index (χ2v) is 6.16. The lowest BCUT2D eigenvalue weighted by Gasteiger charge is -2.24. The molecule has 1 aromatic rings. The van der Waals surface area contributed by atoms with E-state index in [0.29, 0.717) is 17.7 Å². The molecule has 1 aliphatic rings. The first kappa shape index (κ1) is 15.4. The molecule has 0 radical (unpaired) electrons. The Labute approximate surface area is 124 Å². The van der Waals surface area contributed by atoms with Crippen LogP contribution in [0, 0.1) is 0 Å². The van der Waals surface area contributed by atoms with Gasteiger partial charge in [0.2, 0.25) is 5.91 Å². The number of hydrogen-bond acceptors (Lipinski definition) is 5. The van der Waals surface area contributed by atoms with E-state index in [4.69, 9.17) is 0 Å². The Hall–Kier alpha value is -0.980. The van der Waals surface area contributed by atoms with Gasteiger partial charge in [0.25, 0.3) is 0 Å². The molecule has 2 rings (SSSR count). The Bertz CT molecular complexity index is 390. The van der Waals surface area contributed by atoms with Crippen LogP contribution in [0.3, 0.4) is 0 Å². The van der Waals surface area contributed by atoms with E-state index in [1.807, 2.05) is 5.38 Å². The number of unbranched alkanes of at least 4 members (excludes halogenated alkanes) is 1. The molecule has 0 aliphatic carbocycles. The highest BCUT2D eigenvalue weighted by Gasteiger charge is 2.19. The van der Waals surface area contributed by atoms with Crippen LogP contribution >= 0.6 is 11.3 Å². The molecule has 1 amide bonds. The number of rotatable bonds is 8. The van der Waals surface area contributed by atoms with Gasteiger partial charge >= 0.3 is 0 Å². The predicted octanol–water partition coefficient (Wildman–Crippen LogP) is 1.94. The molecule has 0 aromatic carbocycles. The SMILES string of the molecule is CCCCN(CC(=O)Nc1nccs1)CC1CCCN1. The van der Waals surface area contributed by atoms with Crippen molar-refractivity contribution in [2.75, 3.05) is 31.5 Å². The third-order valence-electron chi connectivity index (χ3n) is 3.51. The van der Waals surface area contributed by atoms with E-state index < -0.39 is 0 Å². The summed E-state index contributed by atoms with van der Waals surface area (Å²) in [6.07, 6.45) is 6.46. The van der Waals surface area contributed by atoms with Crippen LogP contribution in [0.2, 0.25) is 0 Å². The van der Waals surface area contributed by atoms with Crippen molar-refractivity contribution in [1.82, 2.24) is 15.2 Å². The standard InChI is InChI=1S/C14H24N4OS/c1-2-3-8-18(10-12-5-4-6-15-12)11-13(19)17-14-16-7-9-20-14/h7,9,12,15H,2-6,8,10-11H2,1H3,(H,16,17,19). The molecule has 1 fully saturated rings. The summed E-state index contributed by atoms with van der Waals surface area (Å²) in [6, 6.07) is 0.541. The van der Waals surface area contributed by atoms with Crippen molar-refractivity contribution in [3.63, 3.8) is 0 Å². The maximum atomic E-state index is 12.1. The second-order valence-electron chi connectivity index (χ2n) is 5.27. The third-order valence-corrected chi connectivity index (χ3v) is 4.20. The van der Waals surface area contributed by atoms with Crippen LogP contribution in [0.5, 0.6) is 0 Å². The molecule has 5 nitrogen and oxygen atoms in total. The van der Waals surface area contributed by atoms with Crippen LogP contribution in [0.15, 0.2) is 11.6 Å². The van der Waals surface area contributed by atoms with Crippen molar-refractivity contribution in [2.24, 2.45) is 0 Å². The summed E-state index contributed by atoms with van der Waals surface area (Å²) in [6.45, 7) is 5.70. The smallest absolute Gasteiger partial charge is 0.240 e. The van der Waals surface area contributed by atoms with Gasteiger partial charge in [0.15, 0.2) is 5.13 Å². The molecular formula is C14H24N4OS. The van der Waals surface area contributed by atoms with E-state index in [1.165, 1.54) is 24.2 Å². The molecule has 1 aromatic heterocycles. The number of aromatic nitrogens is 1. The van der Waals surface area contributed by atoms with Gasteiger partial charge in [-0.2, -0.15) is 0 Å². The van der Waals surface area contributed by atoms with Crippen LogP contribution in [-0.4, -0.2) is 48.0 Å². The second kappa shape index (κ2) is 8.34. The van der Waals surface area contributed by atoms with Gasteiger partial charge in [-0.05, 0) is 32.4 Å². The zero-order chi connectivity index (χ0) is 14.2. The molecule has 1 unspecified atom stereocenters. The molecule has 1 atom stereocenters. The highest BCUT2D eigenvalue weighted by Crippen LogP contribution is 2.11. The minimum absolute atomic E-state index is 0.0362. The average Bonchev–Trinajstić information content (AvgIpc) is 3.09. The van der Waals surface area contributed by atoms with Crippen LogP contribution in [-0.2, 0) is 4.79 Å². The molecule has 2 heterocycles. The van der Waals surface area contributed by atoms with Crippen LogP contribution in [0.1, 0.15) is 32.6 Å². The molecule has 0 bridgehead atoms. The number of hydrogen-bond donors (Lipinski definition) is 2. The van der Waals surface area contributed by atoms with Crippen LogP contribution < -0.4 is 10.6 Å². The van der Waals surface area contributed by atoms with Crippen LogP contribution in [0.4, 0.5) is 5.13 Å². The first-order chi connectivity index (χ1) is 9.78. The quantitative estimate of drug-likeness (QED) is 0.770. The van der Waals surface area contributed by atoms with Gasteiger partial charge in [0, 0.05) is 24.2 Å². The van der Waals surface area contributed by atoms with E-state index in [0.717, 1.165) is 32.5 Å². The van der Waals surface area contributed by atoms with Crippen molar-refractivity contribution in [2.45, 2.75) is 38.6 Å². The van der Waals surface area contributed by atoms with Crippen molar-refractivity contribution >= 4 is 22.4 Å². The molecule has 2 N–H and O–H groups in total. The lowest BCUT2D eigenvalue weighted by molar-refractivity contribution is -0.117. The highest BCUT2D eigenvalue weighted by atomic mass is 32.1. The fraction of sp³-hybridized carbons (Fsp3) is 0.714. The predicted molar refractivity (Wildman–Crippen MR) is 83.1 cm³/mol. The number of nitrogens with one attached hydrogen (secondary N) is 2. The molecule has 20 heavy (non-hydrogen) atoms. The number of thiazole rings is 1. The summed E-state index contributed by atoms with van der Waals surface area (Å²) < 4.78 is 0. The number of carbonyl (C=O) groups is 1. The van der Waals surface area contributed by atoms with Gasteiger partial charge < -0.3 is 10.6 Å². The Morgan fingerprint density at radius 2 is 2.55 bits per heavy atom. The highest BCUT2D eigenvalue weighted by molar-refractivity contribution is 7.13. The van der Waals surface area contributed by atoms with Gasteiger partial charge in [-0.3, -0.25) is 9.69 Å². The molecule has 1 aliphatic heterocycles. The maximum Gasteiger partial charge on any atom is 0.240 e. The lowest BCUT2D eigenvalue weighted by Crippen LogP contribution is -2.42. The molecule has 112 valence electrons. The summed E-state index contributed by atoms with van der Waals surface area (Å²) in [5, 5.41) is 8.91. The Morgan fingerprint density at radius 1 is 1.65 bits per heavy atom.